The van der Waals surface area contributed by atoms with Crippen LogP contribution in [0.3, 0.4) is 0 Å². The molecule has 98 valence electrons. The van der Waals surface area contributed by atoms with E-state index in [1.54, 1.807) is 0 Å². The van der Waals surface area contributed by atoms with E-state index in [1.807, 2.05) is 4.90 Å². The van der Waals surface area contributed by atoms with E-state index < -0.39 is 0 Å². The van der Waals surface area contributed by atoms with Gasteiger partial charge in [0.1, 0.15) is 0 Å². The predicted molar refractivity (Wildman–Crippen MR) is 69.5 cm³/mol. The van der Waals surface area contributed by atoms with Crippen LogP contribution in [0.1, 0.15) is 52.9 Å². The third-order valence-corrected chi connectivity index (χ3v) is 4.43. The Morgan fingerprint density at radius 1 is 1.18 bits per heavy atom. The average Bonchev–Trinajstić information content (AvgIpc) is 2.28. The van der Waals surface area contributed by atoms with Gasteiger partial charge in [-0.15, -0.1) is 0 Å². The van der Waals surface area contributed by atoms with E-state index in [0.29, 0.717) is 0 Å². The van der Waals surface area contributed by atoms with Crippen molar-refractivity contribution in [2.75, 3.05) is 6.54 Å². The lowest BCUT2D eigenvalue weighted by Crippen LogP contribution is -2.58. The first-order valence-corrected chi connectivity index (χ1v) is 6.99. The third-order valence-electron chi connectivity index (χ3n) is 4.43. The van der Waals surface area contributed by atoms with Crippen molar-refractivity contribution in [1.29, 1.82) is 0 Å². The molecule has 1 aliphatic heterocycles. The number of carbonyl (C=O) groups excluding carboxylic acids is 1. The highest BCUT2D eigenvalue weighted by Crippen LogP contribution is 2.36. The number of amides is 1. The Morgan fingerprint density at radius 2 is 1.82 bits per heavy atom. The highest BCUT2D eigenvalue weighted by atomic mass is 16.1. The Balaban J connectivity index is 2.01. The first-order valence-electron chi connectivity index (χ1n) is 6.99. The fourth-order valence-corrected chi connectivity index (χ4v) is 3.43. The normalized spacial score (nSPS) is 33.9. The standard InChI is InChI=1S/C14H26N2O/c1-14(2,3)16(10-17)13-8-11-6-4-5-7-12(11)9-15-13/h10-13,15H,4-9H2,1-3H3/t11?,12?,13-/m0/s1. The second kappa shape index (κ2) is 4.97. The molecular weight excluding hydrogens is 212 g/mol. The van der Waals surface area contributed by atoms with Crippen molar-refractivity contribution in [1.82, 2.24) is 10.2 Å². The zero-order chi connectivity index (χ0) is 12.5. The van der Waals surface area contributed by atoms with Crippen LogP contribution in [0.5, 0.6) is 0 Å². The van der Waals surface area contributed by atoms with Crippen molar-refractivity contribution in [2.24, 2.45) is 11.8 Å². The lowest BCUT2D eigenvalue weighted by atomic mass is 9.74. The molecule has 0 aromatic carbocycles. The van der Waals surface area contributed by atoms with E-state index in [-0.39, 0.29) is 11.7 Å². The zero-order valence-corrected chi connectivity index (χ0v) is 11.4. The van der Waals surface area contributed by atoms with Crippen molar-refractivity contribution in [3.05, 3.63) is 0 Å². The number of hydrogen-bond acceptors (Lipinski definition) is 2. The van der Waals surface area contributed by atoms with E-state index in [0.717, 1.165) is 31.2 Å². The van der Waals surface area contributed by atoms with Gasteiger partial charge in [-0.3, -0.25) is 10.1 Å². The summed E-state index contributed by atoms with van der Waals surface area (Å²) in [6.07, 6.45) is 7.91. The van der Waals surface area contributed by atoms with Crippen LogP contribution in [0, 0.1) is 11.8 Å². The highest BCUT2D eigenvalue weighted by Gasteiger charge is 2.36. The Labute approximate surface area is 105 Å². The molecular formula is C14H26N2O. The Morgan fingerprint density at radius 3 is 2.41 bits per heavy atom. The van der Waals surface area contributed by atoms with Crippen LogP contribution in [0.15, 0.2) is 0 Å². The Hall–Kier alpha value is -0.570. The second-order valence-electron chi connectivity index (χ2n) is 6.65. The van der Waals surface area contributed by atoms with E-state index in [1.165, 1.54) is 25.7 Å². The summed E-state index contributed by atoms with van der Waals surface area (Å²) >= 11 is 0. The average molecular weight is 238 g/mol. The SMILES string of the molecule is CC(C)(C)N(C=O)[C@H]1CC2CCCCC2CN1. The molecule has 2 fully saturated rings. The van der Waals surface area contributed by atoms with Crippen molar-refractivity contribution in [3.63, 3.8) is 0 Å². The number of nitrogens with one attached hydrogen (secondary N) is 1. The first kappa shape index (κ1) is 12.9. The van der Waals surface area contributed by atoms with Gasteiger partial charge in [0.15, 0.2) is 0 Å². The van der Waals surface area contributed by atoms with Crippen LogP contribution in [0.2, 0.25) is 0 Å². The molecule has 17 heavy (non-hydrogen) atoms. The van der Waals surface area contributed by atoms with Crippen molar-refractivity contribution >= 4 is 6.41 Å². The lowest BCUT2D eigenvalue weighted by molar-refractivity contribution is -0.128. The van der Waals surface area contributed by atoms with Crippen molar-refractivity contribution in [3.8, 4) is 0 Å². The van der Waals surface area contributed by atoms with Gasteiger partial charge in [-0.25, -0.2) is 0 Å². The monoisotopic (exact) mass is 238 g/mol. The molecule has 2 rings (SSSR count). The van der Waals surface area contributed by atoms with Gasteiger partial charge in [-0.2, -0.15) is 0 Å². The molecule has 3 nitrogen and oxygen atoms in total. The van der Waals surface area contributed by atoms with E-state index >= 15 is 0 Å². The molecule has 0 aromatic rings. The van der Waals surface area contributed by atoms with E-state index in [9.17, 15) is 4.79 Å². The van der Waals surface area contributed by atoms with Crippen LogP contribution >= 0.6 is 0 Å². The molecule has 2 aliphatic rings. The number of hydrogen-bond donors (Lipinski definition) is 1. The summed E-state index contributed by atoms with van der Waals surface area (Å²) in [5.41, 5.74) is -0.0824. The topological polar surface area (TPSA) is 32.3 Å². The molecule has 0 radical (unpaired) electrons. The van der Waals surface area contributed by atoms with Gasteiger partial charge in [0, 0.05) is 12.1 Å². The van der Waals surface area contributed by atoms with Crippen LogP contribution in [-0.2, 0) is 4.79 Å². The number of carbonyl (C=O) groups is 1. The molecule has 1 amide bonds. The lowest BCUT2D eigenvalue weighted by Gasteiger charge is -2.46. The molecule has 1 N–H and O–H groups in total. The fraction of sp³-hybridized carbons (Fsp3) is 0.929. The highest BCUT2D eigenvalue weighted by molar-refractivity contribution is 5.49. The maximum Gasteiger partial charge on any atom is 0.211 e. The van der Waals surface area contributed by atoms with Crippen LogP contribution < -0.4 is 5.32 Å². The summed E-state index contributed by atoms with van der Waals surface area (Å²) < 4.78 is 0. The largest absolute Gasteiger partial charge is 0.325 e. The van der Waals surface area contributed by atoms with Gasteiger partial charge < -0.3 is 4.90 Å². The molecule has 1 saturated carbocycles. The molecule has 0 aromatic heterocycles. The zero-order valence-electron chi connectivity index (χ0n) is 11.4. The smallest absolute Gasteiger partial charge is 0.211 e. The Kier molecular flexibility index (Phi) is 3.76. The van der Waals surface area contributed by atoms with Gasteiger partial charge in [0.2, 0.25) is 6.41 Å². The molecule has 1 aliphatic carbocycles. The van der Waals surface area contributed by atoms with Crippen LogP contribution in [-0.4, -0.2) is 29.6 Å². The predicted octanol–water partition coefficient (Wildman–Crippen LogP) is 2.37. The number of piperidine rings is 1. The van der Waals surface area contributed by atoms with Crippen LogP contribution in [0.25, 0.3) is 0 Å². The van der Waals surface area contributed by atoms with E-state index in [2.05, 4.69) is 26.1 Å². The summed E-state index contributed by atoms with van der Waals surface area (Å²) in [5, 5.41) is 3.57. The molecule has 0 bridgehead atoms. The minimum atomic E-state index is -0.0824. The molecule has 1 heterocycles. The van der Waals surface area contributed by atoms with Crippen molar-refractivity contribution in [2.45, 2.75) is 64.6 Å². The summed E-state index contributed by atoms with van der Waals surface area (Å²) in [6.45, 7) is 7.41. The minimum Gasteiger partial charge on any atom is -0.325 e. The molecule has 2 unspecified atom stereocenters. The van der Waals surface area contributed by atoms with Gasteiger partial charge in [0.05, 0.1) is 6.17 Å². The number of rotatable bonds is 2. The minimum absolute atomic E-state index is 0.0824. The van der Waals surface area contributed by atoms with Gasteiger partial charge in [-0.1, -0.05) is 19.3 Å². The molecule has 1 saturated heterocycles. The second-order valence-corrected chi connectivity index (χ2v) is 6.65. The van der Waals surface area contributed by atoms with Crippen molar-refractivity contribution < 1.29 is 4.79 Å². The molecule has 3 atom stereocenters. The number of fused-ring (bicyclic) bond motifs is 1. The maximum absolute atomic E-state index is 11.3. The molecule has 3 heteroatoms. The van der Waals surface area contributed by atoms with Gasteiger partial charge in [-0.05, 0) is 45.4 Å². The fourth-order valence-electron chi connectivity index (χ4n) is 3.43. The summed E-state index contributed by atoms with van der Waals surface area (Å²) in [6, 6.07) is 0. The Bertz CT molecular complexity index is 272. The summed E-state index contributed by atoms with van der Waals surface area (Å²) in [7, 11) is 0. The molecule has 0 spiro atoms. The van der Waals surface area contributed by atoms with Crippen LogP contribution in [0.4, 0.5) is 0 Å². The third kappa shape index (κ3) is 2.82. The summed E-state index contributed by atoms with van der Waals surface area (Å²) in [5.74, 6) is 1.69. The van der Waals surface area contributed by atoms with E-state index in [4.69, 9.17) is 0 Å². The maximum atomic E-state index is 11.3. The first-order chi connectivity index (χ1) is 8.02. The van der Waals surface area contributed by atoms with Gasteiger partial charge in [0.25, 0.3) is 0 Å². The van der Waals surface area contributed by atoms with Gasteiger partial charge >= 0.3 is 0 Å². The summed E-state index contributed by atoms with van der Waals surface area (Å²) in [4.78, 5) is 13.3. The quantitative estimate of drug-likeness (QED) is 0.749. The number of nitrogens with zero attached hydrogens (tertiary/aromatic N) is 1.